The van der Waals surface area contributed by atoms with E-state index < -0.39 is 11.4 Å². The van der Waals surface area contributed by atoms with E-state index in [0.717, 1.165) is 17.7 Å². The molecule has 7 heteroatoms. The van der Waals surface area contributed by atoms with Crippen LogP contribution in [0.2, 0.25) is 0 Å². The first-order chi connectivity index (χ1) is 12.1. The first kappa shape index (κ1) is 16.2. The Morgan fingerprint density at radius 3 is 3.08 bits per heavy atom. The molecule has 0 radical (unpaired) electrons. The van der Waals surface area contributed by atoms with Gasteiger partial charge in [0, 0.05) is 38.6 Å². The Labute approximate surface area is 144 Å². The third-order valence-corrected chi connectivity index (χ3v) is 5.35. The average molecular weight is 345 g/mol. The van der Waals surface area contributed by atoms with Crippen molar-refractivity contribution in [3.8, 4) is 5.69 Å². The molecule has 25 heavy (non-hydrogen) atoms. The molecule has 0 amide bonds. The van der Waals surface area contributed by atoms with Crippen molar-refractivity contribution in [1.29, 1.82) is 0 Å². The van der Waals surface area contributed by atoms with E-state index in [0.29, 0.717) is 26.2 Å². The Hall–Kier alpha value is -2.25. The first-order valence-electron chi connectivity index (χ1n) is 8.40. The van der Waals surface area contributed by atoms with Crippen LogP contribution in [0.3, 0.4) is 0 Å². The summed E-state index contributed by atoms with van der Waals surface area (Å²) in [6.45, 7) is 2.44. The van der Waals surface area contributed by atoms with E-state index >= 15 is 0 Å². The first-order valence-corrected chi connectivity index (χ1v) is 8.40. The SMILES string of the molecule is O=C(O)[C@]12COCC[C@H]1CN(Cc1cc(F)ccc1-n1cccn1)C2. The fourth-order valence-electron chi connectivity index (χ4n) is 4.07. The second kappa shape index (κ2) is 6.24. The smallest absolute Gasteiger partial charge is 0.313 e. The largest absolute Gasteiger partial charge is 0.481 e. The number of aliphatic carboxylic acids is 1. The molecular formula is C18H20FN3O3. The molecule has 3 heterocycles. The Balaban J connectivity index is 1.61. The normalized spacial score (nSPS) is 26.5. The van der Waals surface area contributed by atoms with Crippen LogP contribution in [0.25, 0.3) is 5.69 Å². The molecule has 2 fully saturated rings. The molecule has 2 saturated heterocycles. The number of benzene rings is 1. The lowest BCUT2D eigenvalue weighted by atomic mass is 9.76. The average Bonchev–Trinajstić information content (AvgIpc) is 3.22. The van der Waals surface area contributed by atoms with Crippen LogP contribution in [0.5, 0.6) is 0 Å². The molecule has 1 N–H and O–H groups in total. The van der Waals surface area contributed by atoms with Crippen molar-refractivity contribution in [3.63, 3.8) is 0 Å². The fourth-order valence-corrected chi connectivity index (χ4v) is 4.07. The molecule has 0 aliphatic carbocycles. The quantitative estimate of drug-likeness (QED) is 0.917. The van der Waals surface area contributed by atoms with E-state index in [1.165, 1.54) is 12.1 Å². The summed E-state index contributed by atoms with van der Waals surface area (Å²) in [7, 11) is 0. The zero-order valence-electron chi connectivity index (χ0n) is 13.8. The highest BCUT2D eigenvalue weighted by molar-refractivity contribution is 5.76. The van der Waals surface area contributed by atoms with Gasteiger partial charge in [0.05, 0.1) is 12.3 Å². The number of halogens is 1. The molecule has 0 saturated carbocycles. The van der Waals surface area contributed by atoms with Gasteiger partial charge in [0.2, 0.25) is 0 Å². The highest BCUT2D eigenvalue weighted by Gasteiger charge is 2.54. The van der Waals surface area contributed by atoms with Crippen molar-refractivity contribution >= 4 is 5.97 Å². The summed E-state index contributed by atoms with van der Waals surface area (Å²) in [4.78, 5) is 14.0. The highest BCUT2D eigenvalue weighted by Crippen LogP contribution is 2.42. The molecule has 2 aliphatic rings. The van der Waals surface area contributed by atoms with E-state index in [2.05, 4.69) is 10.00 Å². The standard InChI is InChI=1S/C18H20FN3O3/c19-15-2-3-16(22-6-1-5-20-22)13(8-15)9-21-10-14-4-7-25-12-18(14,11-21)17(23)24/h1-3,5-6,8,14H,4,7,9-12H2,(H,23,24)/t14-,18+/m0/s1. The third kappa shape index (κ3) is 2.83. The van der Waals surface area contributed by atoms with Gasteiger partial charge in [0.15, 0.2) is 0 Å². The number of carboxylic acids is 1. The number of fused-ring (bicyclic) bond motifs is 1. The van der Waals surface area contributed by atoms with Gasteiger partial charge >= 0.3 is 5.97 Å². The van der Waals surface area contributed by atoms with Crippen molar-refractivity contribution < 1.29 is 19.0 Å². The van der Waals surface area contributed by atoms with Gasteiger partial charge < -0.3 is 9.84 Å². The topological polar surface area (TPSA) is 67.6 Å². The van der Waals surface area contributed by atoms with E-state index in [9.17, 15) is 14.3 Å². The summed E-state index contributed by atoms with van der Waals surface area (Å²) in [5.41, 5.74) is 0.753. The van der Waals surface area contributed by atoms with Crippen LogP contribution in [0.15, 0.2) is 36.7 Å². The number of aromatic nitrogens is 2. The second-order valence-corrected chi connectivity index (χ2v) is 6.89. The van der Waals surface area contributed by atoms with Crippen LogP contribution < -0.4 is 0 Å². The van der Waals surface area contributed by atoms with Crippen LogP contribution in [0.1, 0.15) is 12.0 Å². The number of likely N-dealkylation sites (tertiary alicyclic amines) is 1. The zero-order chi connectivity index (χ0) is 17.4. The van der Waals surface area contributed by atoms with Crippen LogP contribution in [-0.2, 0) is 16.1 Å². The molecule has 4 rings (SSSR count). The Morgan fingerprint density at radius 2 is 2.36 bits per heavy atom. The van der Waals surface area contributed by atoms with E-state index in [1.807, 2.05) is 12.3 Å². The predicted octanol–water partition coefficient (Wildman–Crippen LogP) is 1.93. The van der Waals surface area contributed by atoms with Gasteiger partial charge in [-0.15, -0.1) is 0 Å². The van der Waals surface area contributed by atoms with E-state index in [4.69, 9.17) is 4.74 Å². The maximum atomic E-state index is 13.8. The summed E-state index contributed by atoms with van der Waals surface area (Å²) in [6, 6.07) is 6.44. The lowest BCUT2D eigenvalue weighted by Gasteiger charge is -2.34. The minimum atomic E-state index is -0.850. The van der Waals surface area contributed by atoms with Crippen molar-refractivity contribution in [2.24, 2.45) is 11.3 Å². The molecule has 0 unspecified atom stereocenters. The monoisotopic (exact) mass is 345 g/mol. The summed E-state index contributed by atoms with van der Waals surface area (Å²) >= 11 is 0. The predicted molar refractivity (Wildman–Crippen MR) is 87.8 cm³/mol. The highest BCUT2D eigenvalue weighted by atomic mass is 19.1. The molecular weight excluding hydrogens is 325 g/mol. The summed E-state index contributed by atoms with van der Waals surface area (Å²) in [5, 5.41) is 14.0. The van der Waals surface area contributed by atoms with Gasteiger partial charge in [-0.2, -0.15) is 5.10 Å². The number of rotatable bonds is 4. The molecule has 1 aromatic heterocycles. The molecule has 0 spiro atoms. The molecule has 6 nitrogen and oxygen atoms in total. The minimum absolute atomic E-state index is 0.0699. The molecule has 2 aliphatic heterocycles. The summed E-state index contributed by atoms with van der Waals surface area (Å²) < 4.78 is 21.0. The van der Waals surface area contributed by atoms with Crippen LogP contribution in [-0.4, -0.2) is 52.1 Å². The number of carboxylic acid groups (broad SMARTS) is 1. The van der Waals surface area contributed by atoms with Gasteiger partial charge in [-0.1, -0.05) is 0 Å². The number of ether oxygens (including phenoxy) is 1. The van der Waals surface area contributed by atoms with Crippen molar-refractivity contribution in [3.05, 3.63) is 48.0 Å². The molecule has 1 aromatic carbocycles. The molecule has 2 aromatic rings. The van der Waals surface area contributed by atoms with Crippen molar-refractivity contribution in [2.75, 3.05) is 26.3 Å². The minimum Gasteiger partial charge on any atom is -0.481 e. The van der Waals surface area contributed by atoms with Gasteiger partial charge in [-0.05, 0) is 42.2 Å². The van der Waals surface area contributed by atoms with Crippen molar-refractivity contribution in [2.45, 2.75) is 13.0 Å². The molecule has 132 valence electrons. The lowest BCUT2D eigenvalue weighted by Crippen LogP contribution is -2.46. The Kier molecular flexibility index (Phi) is 4.05. The van der Waals surface area contributed by atoms with Crippen LogP contribution in [0, 0.1) is 17.2 Å². The van der Waals surface area contributed by atoms with Gasteiger partial charge in [-0.3, -0.25) is 9.69 Å². The number of nitrogens with zero attached hydrogens (tertiary/aromatic N) is 3. The maximum absolute atomic E-state index is 13.8. The molecule has 0 bridgehead atoms. The fraction of sp³-hybridized carbons (Fsp3) is 0.444. The number of hydrogen-bond donors (Lipinski definition) is 1. The van der Waals surface area contributed by atoms with Gasteiger partial charge in [0.25, 0.3) is 0 Å². The molecule has 2 atom stereocenters. The van der Waals surface area contributed by atoms with Gasteiger partial charge in [-0.25, -0.2) is 9.07 Å². The summed E-state index contributed by atoms with van der Waals surface area (Å²) in [5.74, 6) is -1.04. The van der Waals surface area contributed by atoms with Gasteiger partial charge in [0.1, 0.15) is 11.2 Å². The van der Waals surface area contributed by atoms with E-state index in [-0.39, 0.29) is 18.3 Å². The number of hydrogen-bond acceptors (Lipinski definition) is 4. The Morgan fingerprint density at radius 1 is 1.48 bits per heavy atom. The lowest BCUT2D eigenvalue weighted by molar-refractivity contribution is -0.159. The van der Waals surface area contributed by atoms with E-state index in [1.54, 1.807) is 16.9 Å². The Bertz CT molecular complexity index is 780. The maximum Gasteiger partial charge on any atom is 0.313 e. The summed E-state index contributed by atoms with van der Waals surface area (Å²) in [6.07, 6.45) is 4.24. The third-order valence-electron chi connectivity index (χ3n) is 5.35. The number of carbonyl (C=O) groups is 1. The van der Waals surface area contributed by atoms with Crippen LogP contribution >= 0.6 is 0 Å². The zero-order valence-corrected chi connectivity index (χ0v) is 13.8. The van der Waals surface area contributed by atoms with Crippen molar-refractivity contribution in [1.82, 2.24) is 14.7 Å². The van der Waals surface area contributed by atoms with Crippen LogP contribution in [0.4, 0.5) is 4.39 Å². The second-order valence-electron chi connectivity index (χ2n) is 6.89.